The smallest absolute Gasteiger partial charge is 0.129 e. The molecule has 0 spiro atoms. The Hall–Kier alpha value is -11.4. The lowest BCUT2D eigenvalue weighted by Gasteiger charge is -2.47. The molecule has 0 saturated heterocycles. The maximum absolute atomic E-state index is 3.59. The molecular formula is C128H166N12+4. The average Bonchev–Trinajstić information content (AvgIpc) is 0.784. The molecule has 0 saturated carbocycles. The van der Waals surface area contributed by atoms with Crippen LogP contribution in [-0.2, 0) is 91.6 Å². The van der Waals surface area contributed by atoms with Crippen LogP contribution in [0.15, 0.2) is 425 Å². The molecule has 14 rings (SSSR count). The average molecular weight is 1870 g/mol. The Morgan fingerprint density at radius 2 is 0.421 bits per heavy atom. The molecule has 2 N–H and O–H groups in total. The number of hydrogen-bond donors (Lipinski definition) is 2. The fourth-order valence-corrected chi connectivity index (χ4v) is 20.2. The van der Waals surface area contributed by atoms with E-state index in [4.69, 9.17) is 0 Å². The van der Waals surface area contributed by atoms with E-state index in [-0.39, 0.29) is 0 Å². The second-order valence-corrected chi connectivity index (χ2v) is 39.7. The van der Waals surface area contributed by atoms with Gasteiger partial charge in [0.25, 0.3) is 0 Å². The molecule has 1 unspecified atom stereocenters. The van der Waals surface area contributed by atoms with Gasteiger partial charge in [-0.05, 0) is 79.8 Å². The lowest BCUT2D eigenvalue weighted by molar-refractivity contribution is -1.04. The van der Waals surface area contributed by atoms with E-state index in [1.807, 2.05) is 7.05 Å². The monoisotopic (exact) mass is 1870 g/mol. The highest BCUT2D eigenvalue weighted by molar-refractivity contribution is 5.25. The van der Waals surface area contributed by atoms with Gasteiger partial charge in [0.2, 0.25) is 0 Å². The summed E-state index contributed by atoms with van der Waals surface area (Å²) in [6, 6.07) is 156. The number of likely N-dealkylation sites (N-methyl/N-ethyl adjacent to an activating group) is 3. The largest absolute Gasteiger partial charge is 0.318 e. The third kappa shape index (κ3) is 40.3. The van der Waals surface area contributed by atoms with Crippen LogP contribution in [0.1, 0.15) is 118 Å². The van der Waals surface area contributed by atoms with Crippen LogP contribution in [0.4, 0.5) is 0 Å². The highest BCUT2D eigenvalue weighted by atomic mass is 15.5. The number of nitrogens with one attached hydrogen (secondary N) is 2. The second-order valence-electron chi connectivity index (χ2n) is 39.7. The molecule has 734 valence electrons. The molecular weight excluding hydrogens is 1710 g/mol. The molecule has 0 bridgehead atoms. The Morgan fingerprint density at radius 3 is 0.736 bits per heavy atom. The first-order chi connectivity index (χ1) is 68.8. The minimum absolute atomic E-state index is 0.934. The predicted molar refractivity (Wildman–Crippen MR) is 591 cm³/mol. The van der Waals surface area contributed by atoms with Crippen molar-refractivity contribution in [2.45, 2.75) is 132 Å². The molecule has 1 atom stereocenters. The van der Waals surface area contributed by atoms with Crippen molar-refractivity contribution in [1.82, 2.24) is 40.0 Å². The Kier molecular flexibility index (Phi) is 47.1. The maximum Gasteiger partial charge on any atom is 0.129 e. The van der Waals surface area contributed by atoms with Crippen LogP contribution in [0.2, 0.25) is 0 Å². The lowest BCUT2D eigenvalue weighted by Crippen LogP contribution is -2.63. The summed E-state index contributed by atoms with van der Waals surface area (Å²) >= 11 is 0. The van der Waals surface area contributed by atoms with Gasteiger partial charge in [0.05, 0.1) is 13.6 Å². The lowest BCUT2D eigenvalue weighted by atomic mass is 10.1. The minimum atomic E-state index is 0.934. The Labute approximate surface area is 845 Å². The van der Waals surface area contributed by atoms with E-state index in [9.17, 15) is 0 Å². The van der Waals surface area contributed by atoms with E-state index >= 15 is 0 Å². The summed E-state index contributed by atoms with van der Waals surface area (Å²) in [5.41, 5.74) is 19.5. The quantitative estimate of drug-likeness (QED) is 0.0289. The number of quaternary nitrogens is 4. The third-order valence-corrected chi connectivity index (χ3v) is 27.7. The molecule has 0 aromatic heterocycles. The first-order valence-corrected chi connectivity index (χ1v) is 52.4. The van der Waals surface area contributed by atoms with Crippen molar-refractivity contribution in [1.29, 1.82) is 0 Å². The summed E-state index contributed by atoms with van der Waals surface area (Å²) in [6.45, 7) is 43.4. The van der Waals surface area contributed by atoms with Crippen molar-refractivity contribution in [2.75, 3.05) is 159 Å². The summed E-state index contributed by atoms with van der Waals surface area (Å²) in [6.07, 6.45) is 3.50. The van der Waals surface area contributed by atoms with E-state index in [0.717, 1.165) is 253 Å². The molecule has 12 nitrogen and oxygen atoms in total. The zero-order valence-corrected chi connectivity index (χ0v) is 85.8. The van der Waals surface area contributed by atoms with Gasteiger partial charge in [-0.1, -0.05) is 445 Å². The standard InChI is InChI=1S/C66H78N4.C38H50N4.C24H38N4/c1-3-44-69(54-62-34-18-7-19-35-62,55-63-36-20-8-21-37-63)49-47-68(53-61-32-16-6-17-33-61,46-45-67(2,51-59-28-12-4-13-29-59)52-60-30-14-5-15-31-60)48-50-70(56-64-38-22-9-23-39-64,57-65-40-24-10-25-41-65)58-66-42-26-11-27-43-66;1-3-24-41(32-36-18-10-5-11-19-36)29-27-40(26-25-39(2)31-35-16-8-4-9-17-35)28-30-42(33-37-20-12-6-13-21-37)34-38-22-14-7-15-23-38;1-3-16-28(22-24-12-8-5-9-13-24)20-19-27(17-14-25-2)18-15-26-21-23-10-6-4-7-11-23/h4-43H,3,44-58H2,1-2H3;4-23H,3,24-34H2,1-2H3;4-13,25-26H,3,14-22H2,1-2H3/q+4;;. The highest BCUT2D eigenvalue weighted by Gasteiger charge is 2.42. The van der Waals surface area contributed by atoms with Gasteiger partial charge in [-0.25, -0.2) is 0 Å². The molecule has 140 heavy (non-hydrogen) atoms. The first kappa shape index (κ1) is 107. The van der Waals surface area contributed by atoms with E-state index in [0.29, 0.717) is 0 Å². The van der Waals surface area contributed by atoms with Crippen molar-refractivity contribution in [3.8, 4) is 0 Å². The molecule has 14 aromatic carbocycles. The molecule has 0 aliphatic heterocycles. The molecule has 14 aromatic rings. The van der Waals surface area contributed by atoms with Crippen molar-refractivity contribution in [3.05, 3.63) is 503 Å². The second kappa shape index (κ2) is 61.3. The fraction of sp³-hybridized carbons (Fsp3) is 0.344. The number of hydrogen-bond acceptors (Lipinski definition) is 8. The van der Waals surface area contributed by atoms with Gasteiger partial charge in [0.15, 0.2) is 0 Å². The van der Waals surface area contributed by atoms with Crippen molar-refractivity contribution in [3.63, 3.8) is 0 Å². The van der Waals surface area contributed by atoms with Gasteiger partial charge in [-0.15, -0.1) is 0 Å². The predicted octanol–water partition coefficient (Wildman–Crippen LogP) is 24.1. The highest BCUT2D eigenvalue weighted by Crippen LogP contribution is 2.31. The van der Waals surface area contributed by atoms with E-state index < -0.39 is 0 Å². The van der Waals surface area contributed by atoms with Crippen molar-refractivity contribution in [2.24, 2.45) is 0 Å². The van der Waals surface area contributed by atoms with Gasteiger partial charge >= 0.3 is 0 Å². The maximum atomic E-state index is 3.59. The summed E-state index contributed by atoms with van der Waals surface area (Å²) in [4.78, 5) is 15.5. The van der Waals surface area contributed by atoms with Gasteiger partial charge in [-0.3, -0.25) is 24.5 Å². The third-order valence-electron chi connectivity index (χ3n) is 27.7. The van der Waals surface area contributed by atoms with Crippen LogP contribution in [0.5, 0.6) is 0 Å². The molecule has 12 heteroatoms. The summed E-state index contributed by atoms with van der Waals surface area (Å²) in [5.74, 6) is 0. The number of rotatable bonds is 61. The van der Waals surface area contributed by atoms with Gasteiger partial charge < -0.3 is 33.5 Å². The zero-order valence-electron chi connectivity index (χ0n) is 85.8. The van der Waals surface area contributed by atoms with Crippen LogP contribution < -0.4 is 10.6 Å². The first-order valence-electron chi connectivity index (χ1n) is 52.4. The fourth-order valence-electron chi connectivity index (χ4n) is 20.2. The Morgan fingerprint density at radius 1 is 0.193 bits per heavy atom. The van der Waals surface area contributed by atoms with Crippen molar-refractivity contribution < 1.29 is 17.9 Å². The number of nitrogens with zero attached hydrogens (tertiary/aromatic N) is 10. The topological polar surface area (TPSA) is 43.5 Å². The summed E-state index contributed by atoms with van der Waals surface area (Å²) < 4.78 is 3.91. The molecule has 0 radical (unpaired) electrons. The van der Waals surface area contributed by atoms with Gasteiger partial charge in [0.1, 0.15) is 91.6 Å². The molecule has 0 aliphatic carbocycles. The Bertz CT molecular complexity index is 5230. The zero-order chi connectivity index (χ0) is 97.3. The van der Waals surface area contributed by atoms with Crippen molar-refractivity contribution >= 4 is 0 Å². The number of benzene rings is 14. The van der Waals surface area contributed by atoms with Gasteiger partial charge in [-0.2, -0.15) is 0 Å². The SMILES string of the molecule is CCCN(CCN(CCN(C)Cc1ccccc1)CCN(Cc1ccccc1)Cc1ccccc1)Cc1ccccc1.CCCN(CCN(CCNC)CCNCc1ccccc1)Cc1ccccc1.CCC[N+](CC[N+](CC[N+](C)(Cc1ccccc1)Cc1ccccc1)(CC[N+](Cc1ccccc1)(Cc1ccccc1)Cc1ccccc1)Cc1ccccc1)(Cc1ccccc1)Cc1ccccc1. The van der Waals surface area contributed by atoms with Gasteiger partial charge in [0, 0.05) is 162 Å². The molecule has 0 heterocycles. The molecule has 0 aliphatic rings. The summed E-state index contributed by atoms with van der Waals surface area (Å²) in [7, 11) is 6.81. The van der Waals surface area contributed by atoms with E-state index in [1.165, 1.54) is 90.7 Å². The van der Waals surface area contributed by atoms with Crippen LogP contribution in [0.3, 0.4) is 0 Å². The minimum Gasteiger partial charge on any atom is -0.318 e. The van der Waals surface area contributed by atoms with Crippen LogP contribution >= 0.6 is 0 Å². The van der Waals surface area contributed by atoms with E-state index in [2.05, 4.69) is 500 Å². The normalized spacial score (nSPS) is 12.2. The van der Waals surface area contributed by atoms with Crippen LogP contribution in [0.25, 0.3) is 0 Å². The Balaban J connectivity index is 0.000000211. The molecule has 0 fully saturated rings. The molecule has 0 amide bonds. The summed E-state index contributed by atoms with van der Waals surface area (Å²) in [5, 5.41) is 6.88. The van der Waals surface area contributed by atoms with Crippen LogP contribution in [-0.4, -0.2) is 206 Å². The van der Waals surface area contributed by atoms with E-state index in [1.54, 1.807) is 0 Å². The van der Waals surface area contributed by atoms with Crippen LogP contribution in [0, 0.1) is 0 Å².